The van der Waals surface area contributed by atoms with Gasteiger partial charge in [0.2, 0.25) is 0 Å². The molecule has 100 valence electrons. The largest absolute Gasteiger partial charge is 0.494 e. The van der Waals surface area contributed by atoms with Crippen molar-refractivity contribution < 1.29 is 4.74 Å². The molecule has 5 heteroatoms. The maximum absolute atomic E-state index is 6.27. The van der Waals surface area contributed by atoms with Gasteiger partial charge in [-0.15, -0.1) is 0 Å². The van der Waals surface area contributed by atoms with Crippen molar-refractivity contribution in [1.82, 2.24) is 4.98 Å². The lowest BCUT2D eigenvalue weighted by atomic mass is 10.0. The Morgan fingerprint density at radius 2 is 2.11 bits per heavy atom. The minimum atomic E-state index is -0.289. The molecule has 0 radical (unpaired) electrons. The Hall–Kier alpha value is -0.910. The zero-order valence-corrected chi connectivity index (χ0v) is 13.6. The Bertz CT molecular complexity index is 575. The van der Waals surface area contributed by atoms with Gasteiger partial charge in [0, 0.05) is 15.1 Å². The van der Waals surface area contributed by atoms with Crippen molar-refractivity contribution in [1.29, 1.82) is 0 Å². The highest BCUT2D eigenvalue weighted by molar-refractivity contribution is 9.11. The van der Waals surface area contributed by atoms with E-state index in [0.29, 0.717) is 6.61 Å². The number of nitrogens with two attached hydrogens (primary N) is 1. The van der Waals surface area contributed by atoms with E-state index < -0.39 is 0 Å². The quantitative estimate of drug-likeness (QED) is 0.863. The minimum Gasteiger partial charge on any atom is -0.494 e. The maximum atomic E-state index is 6.27. The van der Waals surface area contributed by atoms with Gasteiger partial charge in [-0.25, -0.2) is 0 Å². The van der Waals surface area contributed by atoms with E-state index in [2.05, 4.69) is 36.8 Å². The minimum absolute atomic E-state index is 0.289. The summed E-state index contributed by atoms with van der Waals surface area (Å²) in [5, 5.41) is 0. The molecule has 1 heterocycles. The van der Waals surface area contributed by atoms with Crippen molar-refractivity contribution in [2.45, 2.75) is 13.0 Å². The number of aromatic nitrogens is 1. The summed E-state index contributed by atoms with van der Waals surface area (Å²) in [6, 6.07) is 9.43. The molecule has 0 aliphatic rings. The van der Waals surface area contributed by atoms with Crippen molar-refractivity contribution in [2.75, 3.05) is 6.61 Å². The normalized spacial score (nSPS) is 12.2. The smallest absolute Gasteiger partial charge is 0.119 e. The van der Waals surface area contributed by atoms with E-state index in [0.717, 1.165) is 26.0 Å². The molecule has 0 aliphatic heterocycles. The predicted molar refractivity (Wildman–Crippen MR) is 83.3 cm³/mol. The third-order valence-electron chi connectivity index (χ3n) is 2.66. The van der Waals surface area contributed by atoms with E-state index in [4.69, 9.17) is 10.5 Å². The van der Waals surface area contributed by atoms with Crippen LogP contribution in [0.2, 0.25) is 0 Å². The summed E-state index contributed by atoms with van der Waals surface area (Å²) in [6.45, 7) is 2.60. The topological polar surface area (TPSA) is 48.1 Å². The van der Waals surface area contributed by atoms with E-state index >= 15 is 0 Å². The molecule has 2 rings (SSSR count). The molecule has 1 atom stereocenters. The average molecular weight is 386 g/mol. The number of rotatable bonds is 4. The first kappa shape index (κ1) is 14.5. The first-order valence-electron chi connectivity index (χ1n) is 5.91. The van der Waals surface area contributed by atoms with E-state index in [-0.39, 0.29) is 6.04 Å². The third-order valence-corrected chi connectivity index (χ3v) is 3.73. The van der Waals surface area contributed by atoms with Crippen molar-refractivity contribution in [3.05, 3.63) is 56.7 Å². The molecule has 0 amide bonds. The summed E-state index contributed by atoms with van der Waals surface area (Å²) >= 11 is 6.87. The molecule has 3 nitrogen and oxygen atoms in total. The molecule has 0 fully saturated rings. The van der Waals surface area contributed by atoms with Crippen LogP contribution in [0.4, 0.5) is 0 Å². The molecule has 0 saturated carbocycles. The predicted octanol–water partition coefficient (Wildman–Crippen LogP) is 4.05. The molecule has 0 bridgehead atoms. The Balaban J connectivity index is 2.32. The van der Waals surface area contributed by atoms with Crippen molar-refractivity contribution in [3.63, 3.8) is 0 Å². The standard InChI is InChI=1S/C14H14Br2N2O/c1-2-19-11-5-3-4-9(6-11)13(17)14-12(16)7-10(15)8-18-14/h3-8,13H,2,17H2,1H3. The van der Waals surface area contributed by atoms with E-state index in [1.54, 1.807) is 6.20 Å². The first-order chi connectivity index (χ1) is 9.11. The number of ether oxygens (including phenoxy) is 1. The third kappa shape index (κ3) is 3.55. The SMILES string of the molecule is CCOc1cccc(C(N)c2ncc(Br)cc2Br)c1. The molecule has 2 aromatic rings. The van der Waals surface area contributed by atoms with Crippen LogP contribution in [-0.4, -0.2) is 11.6 Å². The van der Waals surface area contributed by atoms with E-state index in [9.17, 15) is 0 Å². The van der Waals surface area contributed by atoms with Gasteiger partial charge in [0.1, 0.15) is 5.75 Å². The van der Waals surface area contributed by atoms with Crippen LogP contribution in [0, 0.1) is 0 Å². The fraction of sp³-hybridized carbons (Fsp3) is 0.214. The van der Waals surface area contributed by atoms with Crippen molar-refractivity contribution >= 4 is 31.9 Å². The van der Waals surface area contributed by atoms with Gasteiger partial charge in [0.05, 0.1) is 18.3 Å². The van der Waals surface area contributed by atoms with E-state index in [1.165, 1.54) is 0 Å². The van der Waals surface area contributed by atoms with E-state index in [1.807, 2.05) is 37.3 Å². The zero-order valence-electron chi connectivity index (χ0n) is 10.4. The summed E-state index contributed by atoms with van der Waals surface area (Å²) in [5.74, 6) is 0.823. The second kappa shape index (κ2) is 6.50. The van der Waals surface area contributed by atoms with Gasteiger partial charge in [-0.1, -0.05) is 12.1 Å². The lowest BCUT2D eigenvalue weighted by molar-refractivity contribution is 0.340. The molecule has 1 unspecified atom stereocenters. The Labute approximate surface area is 129 Å². The Kier molecular flexibility index (Phi) is 4.96. The number of hydrogen-bond acceptors (Lipinski definition) is 3. The first-order valence-corrected chi connectivity index (χ1v) is 7.49. The molecule has 0 spiro atoms. The van der Waals surface area contributed by atoms with Crippen LogP contribution in [-0.2, 0) is 0 Å². The molecule has 19 heavy (non-hydrogen) atoms. The van der Waals surface area contributed by atoms with Crippen LogP contribution >= 0.6 is 31.9 Å². The molecule has 1 aromatic carbocycles. The maximum Gasteiger partial charge on any atom is 0.119 e. The number of halogens is 2. The highest BCUT2D eigenvalue weighted by Crippen LogP contribution is 2.28. The number of pyridine rings is 1. The van der Waals surface area contributed by atoms with Gasteiger partial charge < -0.3 is 10.5 Å². The molecular formula is C14H14Br2N2O. The second-order valence-electron chi connectivity index (χ2n) is 4.00. The van der Waals surface area contributed by atoms with Crippen LogP contribution in [0.15, 0.2) is 45.5 Å². The molecule has 0 saturated heterocycles. The second-order valence-corrected chi connectivity index (χ2v) is 5.77. The number of benzene rings is 1. The highest BCUT2D eigenvalue weighted by Gasteiger charge is 2.14. The lowest BCUT2D eigenvalue weighted by Gasteiger charge is -2.14. The van der Waals surface area contributed by atoms with Gasteiger partial charge in [-0.3, -0.25) is 4.98 Å². The monoisotopic (exact) mass is 384 g/mol. The van der Waals surface area contributed by atoms with Crippen LogP contribution in [0.1, 0.15) is 24.2 Å². The Morgan fingerprint density at radius 1 is 1.32 bits per heavy atom. The fourth-order valence-corrected chi connectivity index (χ4v) is 3.01. The summed E-state index contributed by atoms with van der Waals surface area (Å²) in [4.78, 5) is 4.37. The summed E-state index contributed by atoms with van der Waals surface area (Å²) in [7, 11) is 0. The van der Waals surface area contributed by atoms with Gasteiger partial charge in [-0.05, 0) is 62.5 Å². The highest BCUT2D eigenvalue weighted by atomic mass is 79.9. The van der Waals surface area contributed by atoms with Crippen LogP contribution in [0.25, 0.3) is 0 Å². The molecular weight excluding hydrogens is 372 g/mol. The zero-order chi connectivity index (χ0) is 13.8. The van der Waals surface area contributed by atoms with Gasteiger partial charge in [0.15, 0.2) is 0 Å². The lowest BCUT2D eigenvalue weighted by Crippen LogP contribution is -2.14. The van der Waals surface area contributed by atoms with Crippen LogP contribution in [0.3, 0.4) is 0 Å². The average Bonchev–Trinajstić information content (AvgIpc) is 2.39. The molecule has 2 N–H and O–H groups in total. The summed E-state index contributed by atoms with van der Waals surface area (Å²) in [6.07, 6.45) is 1.74. The number of hydrogen-bond donors (Lipinski definition) is 1. The fourth-order valence-electron chi connectivity index (χ4n) is 1.78. The van der Waals surface area contributed by atoms with Crippen molar-refractivity contribution in [3.8, 4) is 5.75 Å². The summed E-state index contributed by atoms with van der Waals surface area (Å²) in [5.41, 5.74) is 8.05. The van der Waals surface area contributed by atoms with Crippen LogP contribution < -0.4 is 10.5 Å². The van der Waals surface area contributed by atoms with Gasteiger partial charge >= 0.3 is 0 Å². The van der Waals surface area contributed by atoms with Gasteiger partial charge in [-0.2, -0.15) is 0 Å². The van der Waals surface area contributed by atoms with Crippen molar-refractivity contribution in [2.24, 2.45) is 5.73 Å². The van der Waals surface area contributed by atoms with Gasteiger partial charge in [0.25, 0.3) is 0 Å². The summed E-state index contributed by atoms with van der Waals surface area (Å²) < 4.78 is 7.29. The Morgan fingerprint density at radius 3 is 2.79 bits per heavy atom. The number of nitrogens with zero attached hydrogens (tertiary/aromatic N) is 1. The molecule has 0 aliphatic carbocycles. The van der Waals surface area contributed by atoms with Crippen LogP contribution in [0.5, 0.6) is 5.75 Å². The molecule has 1 aromatic heterocycles.